The fraction of sp³-hybridized carbons (Fsp3) is 0.625. The van der Waals surface area contributed by atoms with Crippen LogP contribution in [0.25, 0.3) is 11.0 Å². The van der Waals surface area contributed by atoms with Crippen molar-refractivity contribution in [3.05, 3.63) is 36.4 Å². The number of carbonyl (C=O) groups excluding carboxylic acids is 3. The number of allylic oxidation sites excluding steroid dienone is 2. The maximum atomic E-state index is 14.1. The lowest BCUT2D eigenvalue weighted by Crippen LogP contribution is -2.47. The molecule has 1 N–H and O–H groups in total. The molecular weight excluding hydrogens is 582 g/mol. The second-order valence-electron chi connectivity index (χ2n) is 12.8. The average molecular weight is 628 g/mol. The van der Waals surface area contributed by atoms with Crippen molar-refractivity contribution in [2.24, 2.45) is 17.3 Å². The van der Waals surface area contributed by atoms with Crippen LogP contribution in [-0.2, 0) is 31.1 Å². The third kappa shape index (κ3) is 6.56. The van der Waals surface area contributed by atoms with Crippen LogP contribution in [0.3, 0.4) is 0 Å². The summed E-state index contributed by atoms with van der Waals surface area (Å²) in [5, 5.41) is 0. The molecular formula is C32H45N5O6S. The van der Waals surface area contributed by atoms with Gasteiger partial charge in [0.15, 0.2) is 5.78 Å². The van der Waals surface area contributed by atoms with E-state index in [9.17, 15) is 22.8 Å². The number of aromatic nitrogens is 2. The highest BCUT2D eigenvalue weighted by molar-refractivity contribution is 7.87. The Morgan fingerprint density at radius 1 is 1.18 bits per heavy atom. The maximum absolute atomic E-state index is 14.1. The lowest BCUT2D eigenvalue weighted by Gasteiger charge is -2.27. The zero-order valence-corrected chi connectivity index (χ0v) is 27.0. The van der Waals surface area contributed by atoms with E-state index in [1.54, 1.807) is 4.90 Å². The molecule has 1 saturated heterocycles. The van der Waals surface area contributed by atoms with Crippen LogP contribution in [0.2, 0.25) is 0 Å². The quantitative estimate of drug-likeness (QED) is 0.462. The lowest BCUT2D eigenvalue weighted by atomic mass is 9.91. The lowest BCUT2D eigenvalue weighted by molar-refractivity contribution is -0.141. The summed E-state index contributed by atoms with van der Waals surface area (Å²) in [6.45, 7) is 4.95. The van der Waals surface area contributed by atoms with Crippen LogP contribution < -0.4 is 9.46 Å². The number of fused-ring (bicyclic) bond motifs is 3. The minimum Gasteiger partial charge on any atom is -0.459 e. The summed E-state index contributed by atoms with van der Waals surface area (Å²) < 4.78 is 36.7. The van der Waals surface area contributed by atoms with Crippen molar-refractivity contribution in [1.29, 1.82) is 0 Å². The zero-order chi connectivity index (χ0) is 31.6. The van der Waals surface area contributed by atoms with Gasteiger partial charge in [-0.1, -0.05) is 51.0 Å². The molecule has 0 spiro atoms. The molecule has 1 aromatic heterocycles. The molecule has 2 amide bonds. The summed E-state index contributed by atoms with van der Waals surface area (Å²) in [6.07, 6.45) is 9.32. The predicted molar refractivity (Wildman–Crippen MR) is 167 cm³/mol. The van der Waals surface area contributed by atoms with Gasteiger partial charge >= 0.3 is 10.2 Å². The second kappa shape index (κ2) is 13.0. The highest BCUT2D eigenvalue weighted by atomic mass is 32.2. The molecule has 240 valence electrons. The van der Waals surface area contributed by atoms with Gasteiger partial charge in [-0.3, -0.25) is 19.0 Å². The number of hydrogen-bond acceptors (Lipinski definition) is 7. The molecule has 2 aromatic rings. The highest BCUT2D eigenvalue weighted by Crippen LogP contribution is 2.57. The molecule has 44 heavy (non-hydrogen) atoms. The van der Waals surface area contributed by atoms with Gasteiger partial charge in [-0.25, -0.2) is 4.72 Å². The van der Waals surface area contributed by atoms with Gasteiger partial charge in [-0.05, 0) is 50.2 Å². The Balaban J connectivity index is 1.43. The number of Topliss-reactive ketones (excluding diaryl/α,β-unsaturated/α-hetero) is 1. The van der Waals surface area contributed by atoms with E-state index in [1.807, 2.05) is 47.9 Å². The highest BCUT2D eigenvalue weighted by Gasteiger charge is 2.61. The molecule has 11 nitrogen and oxygen atoms in total. The standard InChI is InChI=1S/C32H45N5O6S/c1-5-17-36-26-16-12-11-15-25(26)33-31(36)43-24-18-27-28(38)20-32(30(40)34-44(41,42)35(3)4)19-23(32)14-10-8-6-7-9-13-22(2)29(39)37(27)21-24/h10-12,14-16,22-24,27H,5-9,13,17-21H2,1-4H3,(H,34,40)/b14-10-/t22-,23+,24+,27-,32+/m0/s1. The van der Waals surface area contributed by atoms with Gasteiger partial charge in [-0.15, -0.1) is 0 Å². The van der Waals surface area contributed by atoms with Crippen molar-refractivity contribution in [2.75, 3.05) is 20.6 Å². The van der Waals surface area contributed by atoms with Crippen LogP contribution in [0.4, 0.5) is 0 Å². The number of nitrogens with one attached hydrogen (secondary N) is 1. The van der Waals surface area contributed by atoms with Crippen molar-refractivity contribution in [3.63, 3.8) is 0 Å². The number of ketones is 1. The molecule has 12 heteroatoms. The Bertz CT molecular complexity index is 1530. The van der Waals surface area contributed by atoms with Crippen LogP contribution >= 0.6 is 0 Å². The van der Waals surface area contributed by atoms with E-state index in [4.69, 9.17) is 9.72 Å². The second-order valence-corrected chi connectivity index (χ2v) is 14.7. The first-order valence-corrected chi connectivity index (χ1v) is 17.3. The SMILES string of the molecule is CCCn1c(O[C@@H]2C[C@H]3C(=O)C[C@]4(C(=O)NS(=O)(=O)N(C)C)C[C@H]4/C=C\CCCCC[C@H](C)C(=O)N3C2)nc2ccccc21. The number of hydrogen-bond donors (Lipinski definition) is 1. The first-order valence-electron chi connectivity index (χ1n) is 15.8. The predicted octanol–water partition coefficient (Wildman–Crippen LogP) is 3.84. The molecule has 3 heterocycles. The molecule has 3 aliphatic rings. The number of ether oxygens (including phenoxy) is 1. The third-order valence-corrected chi connectivity index (χ3v) is 10.7. The zero-order valence-electron chi connectivity index (χ0n) is 26.2. The monoisotopic (exact) mass is 627 g/mol. The van der Waals surface area contributed by atoms with Gasteiger partial charge in [0.1, 0.15) is 6.10 Å². The largest absolute Gasteiger partial charge is 0.459 e. The van der Waals surface area contributed by atoms with E-state index in [-0.39, 0.29) is 42.9 Å². The number of benzene rings is 1. The van der Waals surface area contributed by atoms with Gasteiger partial charge in [0.25, 0.3) is 6.01 Å². The van der Waals surface area contributed by atoms with E-state index in [2.05, 4.69) is 11.6 Å². The molecule has 1 aromatic carbocycles. The molecule has 1 aliphatic carbocycles. The summed E-state index contributed by atoms with van der Waals surface area (Å²) in [6, 6.07) is 7.51. The number of nitrogens with zero attached hydrogens (tertiary/aromatic N) is 4. The minimum absolute atomic E-state index is 0.0921. The van der Waals surface area contributed by atoms with Gasteiger partial charge in [-0.2, -0.15) is 17.7 Å². The van der Waals surface area contributed by atoms with E-state index in [0.29, 0.717) is 19.0 Å². The average Bonchev–Trinajstić information content (AvgIpc) is 3.33. The van der Waals surface area contributed by atoms with Crippen molar-refractivity contribution in [1.82, 2.24) is 23.5 Å². The summed E-state index contributed by atoms with van der Waals surface area (Å²) in [7, 11) is -1.34. The van der Waals surface area contributed by atoms with Crippen LogP contribution in [0.15, 0.2) is 36.4 Å². The molecule has 0 radical (unpaired) electrons. The number of carbonyl (C=O) groups is 3. The summed E-state index contributed by atoms with van der Waals surface area (Å²) in [5.74, 6) is -1.53. The topological polar surface area (TPSA) is 131 Å². The molecule has 0 unspecified atom stereocenters. The van der Waals surface area contributed by atoms with Crippen LogP contribution in [0, 0.1) is 17.3 Å². The first kappa shape index (κ1) is 32.2. The fourth-order valence-electron chi connectivity index (χ4n) is 6.59. The van der Waals surface area contributed by atoms with Crippen LogP contribution in [0.1, 0.15) is 71.6 Å². The Kier molecular flexibility index (Phi) is 9.50. The van der Waals surface area contributed by atoms with Crippen molar-refractivity contribution in [3.8, 4) is 6.01 Å². The molecule has 0 bridgehead atoms. The van der Waals surface area contributed by atoms with E-state index < -0.39 is 33.7 Å². The van der Waals surface area contributed by atoms with Gasteiger partial charge < -0.3 is 9.64 Å². The minimum atomic E-state index is -4.03. The van der Waals surface area contributed by atoms with Gasteiger partial charge in [0.05, 0.1) is 29.0 Å². The number of amides is 2. The van der Waals surface area contributed by atoms with E-state index >= 15 is 0 Å². The Morgan fingerprint density at radius 3 is 2.70 bits per heavy atom. The summed E-state index contributed by atoms with van der Waals surface area (Å²) in [5.41, 5.74) is 0.607. The fourth-order valence-corrected chi connectivity index (χ4v) is 7.21. The van der Waals surface area contributed by atoms with Crippen molar-refractivity contribution in [2.45, 2.75) is 90.3 Å². The van der Waals surface area contributed by atoms with Crippen LogP contribution in [0.5, 0.6) is 6.01 Å². The number of para-hydroxylation sites is 2. The normalized spacial score (nSPS) is 29.1. The molecule has 5 rings (SSSR count). The van der Waals surface area contributed by atoms with Crippen LogP contribution in [-0.4, -0.2) is 77.6 Å². The van der Waals surface area contributed by atoms with Gasteiger partial charge in [0.2, 0.25) is 11.8 Å². The summed E-state index contributed by atoms with van der Waals surface area (Å²) in [4.78, 5) is 47.8. The first-order chi connectivity index (χ1) is 21.0. The van der Waals surface area contributed by atoms with Crippen molar-refractivity contribution >= 4 is 38.8 Å². The number of rotatable bonds is 7. The van der Waals surface area contributed by atoms with E-state index in [0.717, 1.165) is 53.9 Å². The molecule has 2 aliphatic heterocycles. The number of aryl methyl sites for hydroxylation is 1. The summed E-state index contributed by atoms with van der Waals surface area (Å²) >= 11 is 0. The van der Waals surface area contributed by atoms with Gasteiger partial charge in [0, 0.05) is 39.4 Å². The molecule has 1 saturated carbocycles. The number of imidazole rings is 1. The Morgan fingerprint density at radius 2 is 1.95 bits per heavy atom. The Labute approximate surface area is 260 Å². The maximum Gasteiger partial charge on any atom is 0.303 e. The van der Waals surface area contributed by atoms with Crippen molar-refractivity contribution < 1.29 is 27.5 Å². The molecule has 2 fully saturated rings. The molecule has 5 atom stereocenters. The third-order valence-electron chi connectivity index (χ3n) is 9.33. The van der Waals surface area contributed by atoms with E-state index in [1.165, 1.54) is 14.1 Å². The Hall–Kier alpha value is -3.25. The smallest absolute Gasteiger partial charge is 0.303 e.